The van der Waals surface area contributed by atoms with E-state index in [2.05, 4.69) is 30.3 Å². The van der Waals surface area contributed by atoms with Crippen molar-refractivity contribution in [2.24, 2.45) is 0 Å². The first-order chi connectivity index (χ1) is 3.31. The predicted octanol–water partition coefficient (Wildman–Crippen LogP) is -1.26. The second-order valence-electron chi connectivity index (χ2n) is 0.991. The Morgan fingerprint density at radius 3 is 2.57 bits per heavy atom. The summed E-state index contributed by atoms with van der Waals surface area (Å²) in [5.74, 6) is 0. The van der Waals surface area contributed by atoms with Gasteiger partial charge in [-0.25, -0.2) is 0 Å². The molecule has 0 fully saturated rings. The molecule has 4 heteroatoms. The van der Waals surface area contributed by atoms with Gasteiger partial charge in [-0.1, -0.05) is 0 Å². The third-order valence-electron chi connectivity index (χ3n) is 0.535. The van der Waals surface area contributed by atoms with Crippen LogP contribution in [0.5, 0.6) is 0 Å². The number of rotatable bonds is 3. The molecule has 0 aliphatic heterocycles. The van der Waals surface area contributed by atoms with Crippen LogP contribution in [0.4, 0.5) is 0 Å². The van der Waals surface area contributed by atoms with Crippen LogP contribution in [0.25, 0.3) is 0 Å². The molecule has 0 unspecified atom stereocenters. The van der Waals surface area contributed by atoms with Crippen molar-refractivity contribution in [1.29, 1.82) is 0 Å². The van der Waals surface area contributed by atoms with Gasteiger partial charge in [0.1, 0.15) is 0 Å². The van der Waals surface area contributed by atoms with Gasteiger partial charge in [-0.15, -0.1) is 0 Å². The maximum atomic E-state index is 4.46. The number of nitrogens with one attached hydrogen (secondary N) is 2. The molecule has 0 amide bonds. The third kappa shape index (κ3) is 3.46. The van der Waals surface area contributed by atoms with E-state index in [9.17, 15) is 0 Å². The van der Waals surface area contributed by atoms with Crippen LogP contribution in [-0.4, -0.2) is 25.7 Å². The Bertz CT molecular complexity index is 83.0. The average Bonchev–Trinajstić information content (AvgIpc) is 1.68. The van der Waals surface area contributed by atoms with Crippen molar-refractivity contribution in [2.45, 2.75) is 0 Å². The Morgan fingerprint density at radius 1 is 1.86 bits per heavy atom. The zero-order valence-electron chi connectivity index (χ0n) is 4.19. The van der Waals surface area contributed by atoms with Gasteiger partial charge in [0.2, 0.25) is 0 Å². The summed E-state index contributed by atoms with van der Waals surface area (Å²) >= 11 is 4.46. The molecule has 0 aromatic heterocycles. The second-order valence-corrected chi connectivity index (χ2v) is 1.23. The monoisotopic (exact) mass is 114 g/mol. The Morgan fingerprint density at radius 2 is 2.43 bits per heavy atom. The van der Waals surface area contributed by atoms with Gasteiger partial charge in [-0.05, 0) is 0 Å². The van der Waals surface area contributed by atoms with Crippen LogP contribution < -0.4 is 10.6 Å². The molecule has 0 aromatic carbocycles. The van der Waals surface area contributed by atoms with E-state index in [-0.39, 0.29) is 0 Å². The van der Waals surface area contributed by atoms with Gasteiger partial charge < -0.3 is 0 Å². The molecular weight excluding hydrogens is 107 g/mol. The minimum absolute atomic E-state index is 0.718. The SMILES string of the molecule is B=C(NC)NC=S. The molecule has 0 saturated heterocycles. The summed E-state index contributed by atoms with van der Waals surface area (Å²) in [6, 6.07) is 0. The van der Waals surface area contributed by atoms with Gasteiger partial charge in [0.05, 0.1) is 0 Å². The van der Waals surface area contributed by atoms with Gasteiger partial charge in [0.15, 0.2) is 0 Å². The van der Waals surface area contributed by atoms with Crippen molar-refractivity contribution in [3.8, 4) is 0 Å². The molecule has 0 aromatic rings. The molecular formula is C3H7BN2S. The Kier molecular flexibility index (Phi) is 3.60. The number of thiocarbonyl (C=S) groups is 1. The normalized spacial score (nSPS) is 6.86. The van der Waals surface area contributed by atoms with Crippen LogP contribution in [0.1, 0.15) is 0 Å². The van der Waals surface area contributed by atoms with Gasteiger partial charge in [-0.3, -0.25) is 0 Å². The Balaban J connectivity index is 3.17. The summed E-state index contributed by atoms with van der Waals surface area (Å²) < 4.78 is 0. The molecule has 0 heterocycles. The summed E-state index contributed by atoms with van der Waals surface area (Å²) in [7, 11) is 5.31. The van der Waals surface area contributed by atoms with E-state index in [1.807, 2.05) is 0 Å². The van der Waals surface area contributed by atoms with Crippen LogP contribution >= 0.6 is 12.2 Å². The summed E-state index contributed by atoms with van der Waals surface area (Å²) in [4.78, 5) is 0. The van der Waals surface area contributed by atoms with Gasteiger partial charge >= 0.3 is 48.6 Å². The van der Waals surface area contributed by atoms with Crippen LogP contribution in [0, 0.1) is 0 Å². The van der Waals surface area contributed by atoms with Crippen molar-refractivity contribution >= 4 is 30.9 Å². The van der Waals surface area contributed by atoms with Gasteiger partial charge in [0.25, 0.3) is 0 Å². The Labute approximate surface area is 49.4 Å². The second kappa shape index (κ2) is 3.80. The van der Waals surface area contributed by atoms with Gasteiger partial charge in [0, 0.05) is 0 Å². The van der Waals surface area contributed by atoms with E-state index in [4.69, 9.17) is 0 Å². The average molecular weight is 114 g/mol. The zero-order chi connectivity index (χ0) is 5.70. The molecule has 7 heavy (non-hydrogen) atoms. The molecule has 0 radical (unpaired) electrons. The molecule has 38 valence electrons. The van der Waals surface area contributed by atoms with E-state index in [1.165, 1.54) is 5.49 Å². The van der Waals surface area contributed by atoms with Crippen molar-refractivity contribution < 1.29 is 0 Å². The van der Waals surface area contributed by atoms with Crippen LogP contribution in [-0.2, 0) is 0 Å². The molecule has 0 rings (SSSR count). The van der Waals surface area contributed by atoms with Crippen LogP contribution in [0.3, 0.4) is 0 Å². The van der Waals surface area contributed by atoms with E-state index < -0.39 is 0 Å². The first kappa shape index (κ1) is 6.62. The summed E-state index contributed by atoms with van der Waals surface area (Å²) in [6.07, 6.45) is 0. The van der Waals surface area contributed by atoms with E-state index in [0.29, 0.717) is 0 Å². The first-order valence-electron chi connectivity index (χ1n) is 1.88. The molecule has 0 spiro atoms. The maximum absolute atomic E-state index is 4.46. The molecule has 0 atom stereocenters. The Hall–Kier alpha value is -0.375. The van der Waals surface area contributed by atoms with Crippen molar-refractivity contribution in [2.75, 3.05) is 7.05 Å². The van der Waals surface area contributed by atoms with Crippen LogP contribution in [0.15, 0.2) is 0 Å². The fraction of sp³-hybridized carbons (Fsp3) is 0.333. The summed E-state index contributed by atoms with van der Waals surface area (Å²) in [5.41, 5.74) is 2.12. The number of hydrogen-bond acceptors (Lipinski definition) is 2. The van der Waals surface area contributed by atoms with Crippen molar-refractivity contribution in [1.82, 2.24) is 10.6 Å². The quantitative estimate of drug-likeness (QED) is 0.353. The first-order valence-corrected chi connectivity index (χ1v) is 2.35. The standard InChI is InChI=1S/C3H7BN2S/c1-5-3(4)6-2-7/h2,4-5H,1H3,(H,6,7). The summed E-state index contributed by atoms with van der Waals surface area (Å²) in [5, 5.41) is 5.44. The molecule has 0 bridgehead atoms. The molecule has 0 aliphatic carbocycles. The zero-order valence-corrected chi connectivity index (χ0v) is 5.01. The fourth-order valence-electron chi connectivity index (χ4n) is 0.143. The van der Waals surface area contributed by atoms with E-state index >= 15 is 0 Å². The predicted molar refractivity (Wildman–Crippen MR) is 38.0 cm³/mol. The molecule has 2 nitrogen and oxygen atoms in total. The topological polar surface area (TPSA) is 24.1 Å². The number of hydrogen-bond donors (Lipinski definition) is 2. The molecule has 2 N–H and O–H groups in total. The molecule has 0 saturated carbocycles. The van der Waals surface area contributed by atoms with Gasteiger partial charge in [-0.2, -0.15) is 0 Å². The van der Waals surface area contributed by atoms with Crippen molar-refractivity contribution in [3.05, 3.63) is 0 Å². The van der Waals surface area contributed by atoms with Crippen molar-refractivity contribution in [3.63, 3.8) is 0 Å². The minimum atomic E-state index is 0.718. The fourth-order valence-corrected chi connectivity index (χ4v) is 0.286. The summed E-state index contributed by atoms with van der Waals surface area (Å²) in [6.45, 7) is 0. The van der Waals surface area contributed by atoms with Crippen LogP contribution in [0.2, 0.25) is 0 Å². The van der Waals surface area contributed by atoms with E-state index in [0.717, 1.165) is 5.71 Å². The van der Waals surface area contributed by atoms with E-state index in [1.54, 1.807) is 7.05 Å². The molecule has 0 aliphatic rings. The third-order valence-corrected chi connectivity index (χ3v) is 0.653.